The highest BCUT2D eigenvalue weighted by molar-refractivity contribution is 5.82. The molecule has 20 heavy (non-hydrogen) atoms. The minimum Gasteiger partial charge on any atom is -0.504 e. The molecule has 0 bridgehead atoms. The largest absolute Gasteiger partial charge is 0.504 e. The van der Waals surface area contributed by atoms with Gasteiger partial charge in [-0.25, -0.2) is 0 Å². The number of benzene rings is 1. The van der Waals surface area contributed by atoms with Crippen LogP contribution in [-0.4, -0.2) is 28.2 Å². The Balaban J connectivity index is 2.64. The van der Waals surface area contributed by atoms with Crippen molar-refractivity contribution in [2.75, 3.05) is 0 Å². The van der Waals surface area contributed by atoms with Crippen LogP contribution in [0.15, 0.2) is 18.2 Å². The molecular formula is C15H24N2O3. The normalized spacial score (nSPS) is 14.7. The molecule has 0 aliphatic heterocycles. The summed E-state index contributed by atoms with van der Waals surface area (Å²) in [6.45, 7) is 8.07. The number of rotatable bonds is 4. The molecule has 0 radical (unpaired) electrons. The molecule has 0 saturated heterocycles. The highest BCUT2D eigenvalue weighted by Crippen LogP contribution is 2.25. The van der Waals surface area contributed by atoms with E-state index in [1.165, 1.54) is 12.1 Å². The lowest BCUT2D eigenvalue weighted by molar-refractivity contribution is -0.123. The second-order valence-corrected chi connectivity index (χ2v) is 6.23. The van der Waals surface area contributed by atoms with E-state index in [-0.39, 0.29) is 28.9 Å². The van der Waals surface area contributed by atoms with Gasteiger partial charge in [0.05, 0.1) is 6.04 Å². The minimum absolute atomic E-state index is 0.00858. The number of hydrogen-bond acceptors (Lipinski definition) is 4. The summed E-state index contributed by atoms with van der Waals surface area (Å²) in [6, 6.07) is 3.75. The van der Waals surface area contributed by atoms with Crippen LogP contribution < -0.4 is 11.1 Å². The number of nitrogens with one attached hydrogen (secondary N) is 1. The van der Waals surface area contributed by atoms with Crippen LogP contribution in [0.25, 0.3) is 0 Å². The van der Waals surface area contributed by atoms with Gasteiger partial charge >= 0.3 is 0 Å². The molecule has 5 N–H and O–H groups in total. The van der Waals surface area contributed by atoms with Gasteiger partial charge in [0.2, 0.25) is 5.91 Å². The number of nitrogens with two attached hydrogens (primary N) is 1. The van der Waals surface area contributed by atoms with E-state index in [0.29, 0.717) is 12.0 Å². The van der Waals surface area contributed by atoms with Crippen LogP contribution in [0, 0.1) is 5.41 Å². The van der Waals surface area contributed by atoms with Gasteiger partial charge in [-0.1, -0.05) is 26.8 Å². The third kappa shape index (κ3) is 4.42. The van der Waals surface area contributed by atoms with E-state index in [2.05, 4.69) is 5.32 Å². The maximum Gasteiger partial charge on any atom is 0.237 e. The minimum atomic E-state index is -0.691. The Morgan fingerprint density at radius 2 is 1.90 bits per heavy atom. The number of hydrogen-bond donors (Lipinski definition) is 4. The molecule has 5 heteroatoms. The monoisotopic (exact) mass is 280 g/mol. The van der Waals surface area contributed by atoms with Crippen molar-refractivity contribution < 1.29 is 15.0 Å². The molecule has 1 unspecified atom stereocenters. The Kier molecular flexibility index (Phi) is 5.00. The van der Waals surface area contributed by atoms with Gasteiger partial charge in [0, 0.05) is 6.04 Å². The average Bonchev–Trinajstić information content (AvgIpc) is 2.32. The number of phenolic OH excluding ortho intramolecular Hbond substituents is 2. The second kappa shape index (κ2) is 6.13. The van der Waals surface area contributed by atoms with Gasteiger partial charge in [0.1, 0.15) is 0 Å². The molecule has 2 atom stereocenters. The molecular weight excluding hydrogens is 256 g/mol. The van der Waals surface area contributed by atoms with Crippen LogP contribution in [0.3, 0.4) is 0 Å². The lowest BCUT2D eigenvalue weighted by Crippen LogP contribution is -2.49. The van der Waals surface area contributed by atoms with Crippen molar-refractivity contribution >= 4 is 5.91 Å². The Morgan fingerprint density at radius 1 is 1.30 bits per heavy atom. The summed E-state index contributed by atoms with van der Waals surface area (Å²) in [5.41, 5.74) is 6.54. The van der Waals surface area contributed by atoms with E-state index in [1.807, 2.05) is 27.7 Å². The zero-order valence-corrected chi connectivity index (χ0v) is 12.5. The molecule has 1 aromatic rings. The lowest BCUT2D eigenvalue weighted by atomic mass is 9.88. The van der Waals surface area contributed by atoms with E-state index in [4.69, 9.17) is 5.73 Å². The van der Waals surface area contributed by atoms with Crippen molar-refractivity contribution in [3.05, 3.63) is 23.8 Å². The molecule has 0 aliphatic rings. The zero-order chi connectivity index (χ0) is 15.5. The van der Waals surface area contributed by atoms with E-state index < -0.39 is 6.04 Å². The number of phenols is 2. The van der Waals surface area contributed by atoms with Gasteiger partial charge in [-0.3, -0.25) is 4.79 Å². The van der Waals surface area contributed by atoms with Crippen LogP contribution >= 0.6 is 0 Å². The maximum atomic E-state index is 12.0. The number of aromatic hydroxyl groups is 2. The smallest absolute Gasteiger partial charge is 0.237 e. The summed E-state index contributed by atoms with van der Waals surface area (Å²) < 4.78 is 0. The fraction of sp³-hybridized carbons (Fsp3) is 0.533. The lowest BCUT2D eigenvalue weighted by Gasteiger charge is -2.29. The molecule has 1 rings (SSSR count). The Hall–Kier alpha value is -1.75. The first-order valence-corrected chi connectivity index (χ1v) is 6.68. The second-order valence-electron chi connectivity index (χ2n) is 6.23. The Morgan fingerprint density at radius 3 is 2.40 bits per heavy atom. The predicted molar refractivity (Wildman–Crippen MR) is 78.5 cm³/mol. The highest BCUT2D eigenvalue weighted by atomic mass is 16.3. The van der Waals surface area contributed by atoms with Gasteiger partial charge in [-0.05, 0) is 36.5 Å². The van der Waals surface area contributed by atoms with Gasteiger partial charge < -0.3 is 21.3 Å². The molecule has 112 valence electrons. The SMILES string of the molecule is CC(NC(=O)[C@@H](N)Cc1ccc(O)c(O)c1)C(C)(C)C. The highest BCUT2D eigenvalue weighted by Gasteiger charge is 2.24. The average molecular weight is 280 g/mol. The van der Waals surface area contributed by atoms with Gasteiger partial charge in [-0.15, -0.1) is 0 Å². The summed E-state index contributed by atoms with van der Waals surface area (Å²) in [6.07, 6.45) is 0.302. The van der Waals surface area contributed by atoms with Crippen LogP contribution in [0.5, 0.6) is 11.5 Å². The first-order chi connectivity index (χ1) is 9.11. The summed E-state index contributed by atoms with van der Waals surface area (Å²) in [5, 5.41) is 21.5. The molecule has 0 aliphatic carbocycles. The van der Waals surface area contributed by atoms with Crippen LogP contribution in [-0.2, 0) is 11.2 Å². The molecule has 0 saturated carbocycles. The van der Waals surface area contributed by atoms with Crippen molar-refractivity contribution in [1.29, 1.82) is 0 Å². The molecule has 0 aromatic heterocycles. The van der Waals surface area contributed by atoms with E-state index in [0.717, 1.165) is 0 Å². The van der Waals surface area contributed by atoms with Crippen LogP contribution in [0.1, 0.15) is 33.3 Å². The molecule has 0 heterocycles. The van der Waals surface area contributed by atoms with Crippen molar-refractivity contribution in [2.24, 2.45) is 11.1 Å². The number of carbonyl (C=O) groups is 1. The van der Waals surface area contributed by atoms with Crippen molar-refractivity contribution in [1.82, 2.24) is 5.32 Å². The molecule has 1 aromatic carbocycles. The number of carbonyl (C=O) groups excluding carboxylic acids is 1. The van der Waals surface area contributed by atoms with Crippen molar-refractivity contribution in [3.8, 4) is 11.5 Å². The van der Waals surface area contributed by atoms with E-state index in [1.54, 1.807) is 6.07 Å². The van der Waals surface area contributed by atoms with Gasteiger partial charge in [-0.2, -0.15) is 0 Å². The van der Waals surface area contributed by atoms with Crippen molar-refractivity contribution in [2.45, 2.75) is 46.2 Å². The standard InChI is InChI=1S/C15H24N2O3/c1-9(15(2,3)4)17-14(20)11(16)7-10-5-6-12(18)13(19)8-10/h5-6,8-9,11,18-19H,7,16H2,1-4H3,(H,17,20)/t9?,11-/m0/s1. The summed E-state index contributed by atoms with van der Waals surface area (Å²) >= 11 is 0. The Labute approximate surface area is 119 Å². The first-order valence-electron chi connectivity index (χ1n) is 6.68. The fourth-order valence-electron chi connectivity index (χ4n) is 1.58. The topological polar surface area (TPSA) is 95.6 Å². The van der Waals surface area contributed by atoms with Crippen LogP contribution in [0.2, 0.25) is 0 Å². The van der Waals surface area contributed by atoms with Crippen LogP contribution in [0.4, 0.5) is 0 Å². The van der Waals surface area contributed by atoms with Crippen molar-refractivity contribution in [3.63, 3.8) is 0 Å². The van der Waals surface area contributed by atoms with E-state index >= 15 is 0 Å². The van der Waals surface area contributed by atoms with Gasteiger partial charge in [0.15, 0.2) is 11.5 Å². The summed E-state index contributed by atoms with van der Waals surface area (Å²) in [4.78, 5) is 12.0. The quantitative estimate of drug-likeness (QED) is 0.629. The molecule has 5 nitrogen and oxygen atoms in total. The molecule has 0 fully saturated rings. The first kappa shape index (κ1) is 16.3. The maximum absolute atomic E-state index is 12.0. The number of amides is 1. The molecule has 1 amide bonds. The Bertz CT molecular complexity index is 480. The zero-order valence-electron chi connectivity index (χ0n) is 12.5. The third-order valence-corrected chi connectivity index (χ3v) is 3.49. The summed E-state index contributed by atoms with van der Waals surface area (Å²) in [5.74, 6) is -0.619. The summed E-state index contributed by atoms with van der Waals surface area (Å²) in [7, 11) is 0. The van der Waals surface area contributed by atoms with E-state index in [9.17, 15) is 15.0 Å². The third-order valence-electron chi connectivity index (χ3n) is 3.49. The predicted octanol–water partition coefficient (Wildman–Crippen LogP) is 1.52. The molecule has 0 spiro atoms. The fourth-order valence-corrected chi connectivity index (χ4v) is 1.58. The van der Waals surface area contributed by atoms with Gasteiger partial charge in [0.25, 0.3) is 0 Å².